The molecule has 1 rings (SSSR count). The summed E-state index contributed by atoms with van der Waals surface area (Å²) in [6.45, 7) is 11.9. The molecule has 20 heavy (non-hydrogen) atoms. The van der Waals surface area contributed by atoms with E-state index >= 15 is 0 Å². The normalized spacial score (nSPS) is 15.1. The van der Waals surface area contributed by atoms with Gasteiger partial charge in [-0.2, -0.15) is 0 Å². The van der Waals surface area contributed by atoms with Crippen molar-refractivity contribution in [3.8, 4) is 0 Å². The van der Waals surface area contributed by atoms with Crippen molar-refractivity contribution in [2.45, 2.75) is 52.8 Å². The van der Waals surface area contributed by atoms with Crippen molar-refractivity contribution in [2.24, 2.45) is 5.41 Å². The number of rotatable bonds is 7. The number of benzene rings is 1. The Hall–Kier alpha value is -0.670. The summed E-state index contributed by atoms with van der Waals surface area (Å²) in [5, 5.41) is 3.55. The summed E-state index contributed by atoms with van der Waals surface area (Å²) in [5.74, 6) is 1.38. The lowest BCUT2D eigenvalue weighted by Gasteiger charge is -2.31. The van der Waals surface area contributed by atoms with Gasteiger partial charge in [-0.3, -0.25) is 4.21 Å². The second kappa shape index (κ2) is 7.94. The van der Waals surface area contributed by atoms with Crippen LogP contribution in [0.3, 0.4) is 0 Å². The Kier molecular flexibility index (Phi) is 6.90. The van der Waals surface area contributed by atoms with Crippen molar-refractivity contribution in [3.63, 3.8) is 0 Å². The summed E-state index contributed by atoms with van der Waals surface area (Å²) in [5.41, 5.74) is 2.57. The van der Waals surface area contributed by atoms with Crippen LogP contribution in [0.1, 0.15) is 45.2 Å². The maximum atomic E-state index is 12.5. The second-order valence-corrected chi connectivity index (χ2v) is 8.05. The molecular weight excluding hydrogens is 266 g/mol. The summed E-state index contributed by atoms with van der Waals surface area (Å²) >= 11 is 0. The minimum atomic E-state index is -0.824. The van der Waals surface area contributed by atoms with Crippen molar-refractivity contribution in [1.82, 2.24) is 5.32 Å². The van der Waals surface area contributed by atoms with Gasteiger partial charge in [0.05, 0.1) is 0 Å². The number of aryl methyl sites for hydroxylation is 1. The number of hydrogen-bond acceptors (Lipinski definition) is 2. The molecule has 2 atom stereocenters. The molecule has 3 heteroatoms. The highest BCUT2D eigenvalue weighted by atomic mass is 32.2. The quantitative estimate of drug-likeness (QED) is 0.832. The standard InChI is InChI=1S/C17H29NOS/c1-6-11-18-16(17(3,4)5)13-20(19)12-15-10-8-7-9-14(15)2/h7-10,16,18H,6,11-13H2,1-5H3. The molecule has 114 valence electrons. The largest absolute Gasteiger partial charge is 0.313 e. The van der Waals surface area contributed by atoms with E-state index in [9.17, 15) is 4.21 Å². The van der Waals surface area contributed by atoms with Crippen molar-refractivity contribution in [1.29, 1.82) is 0 Å². The van der Waals surface area contributed by atoms with Gasteiger partial charge in [0.1, 0.15) is 0 Å². The Bertz CT molecular complexity index is 437. The third-order valence-electron chi connectivity index (χ3n) is 3.62. The van der Waals surface area contributed by atoms with Crippen LogP contribution < -0.4 is 5.32 Å². The van der Waals surface area contributed by atoms with Crippen molar-refractivity contribution in [3.05, 3.63) is 35.4 Å². The predicted molar refractivity (Wildman–Crippen MR) is 89.4 cm³/mol. The highest BCUT2D eigenvalue weighted by Crippen LogP contribution is 2.21. The number of hydrogen-bond donors (Lipinski definition) is 1. The third kappa shape index (κ3) is 5.76. The molecule has 0 spiro atoms. The summed E-state index contributed by atoms with van der Waals surface area (Å²) in [6.07, 6.45) is 1.11. The van der Waals surface area contributed by atoms with Gasteiger partial charge in [-0.25, -0.2) is 0 Å². The van der Waals surface area contributed by atoms with Crippen LogP contribution in [0.25, 0.3) is 0 Å². The van der Waals surface area contributed by atoms with Crippen molar-refractivity contribution in [2.75, 3.05) is 12.3 Å². The first-order valence-electron chi connectivity index (χ1n) is 7.47. The smallest absolute Gasteiger partial charge is 0.0488 e. The van der Waals surface area contributed by atoms with Gasteiger partial charge in [0.25, 0.3) is 0 Å². The van der Waals surface area contributed by atoms with Crippen LogP contribution >= 0.6 is 0 Å². The Morgan fingerprint density at radius 1 is 1.25 bits per heavy atom. The van der Waals surface area contributed by atoms with Gasteiger partial charge >= 0.3 is 0 Å². The van der Waals surface area contributed by atoms with Crippen molar-refractivity contribution < 1.29 is 4.21 Å². The van der Waals surface area contributed by atoms with Crippen LogP contribution in [0.15, 0.2) is 24.3 Å². The molecule has 0 heterocycles. The fourth-order valence-corrected chi connectivity index (χ4v) is 3.90. The van der Waals surface area contributed by atoms with E-state index in [-0.39, 0.29) is 5.41 Å². The first-order valence-corrected chi connectivity index (χ1v) is 8.96. The van der Waals surface area contributed by atoms with Crippen LogP contribution in [0.4, 0.5) is 0 Å². The lowest BCUT2D eigenvalue weighted by Crippen LogP contribution is -2.44. The molecule has 1 N–H and O–H groups in total. The van der Waals surface area contributed by atoms with Crippen LogP contribution in [0.5, 0.6) is 0 Å². The zero-order valence-corrected chi connectivity index (χ0v) is 14.3. The van der Waals surface area contributed by atoms with E-state index < -0.39 is 10.8 Å². The van der Waals surface area contributed by atoms with E-state index in [1.54, 1.807) is 0 Å². The summed E-state index contributed by atoms with van der Waals surface area (Å²) in [6, 6.07) is 8.52. The maximum Gasteiger partial charge on any atom is 0.0488 e. The molecule has 0 amide bonds. The molecule has 0 saturated carbocycles. The van der Waals surface area contributed by atoms with Gasteiger partial charge in [0, 0.05) is 28.3 Å². The highest BCUT2D eigenvalue weighted by molar-refractivity contribution is 7.84. The zero-order chi connectivity index (χ0) is 15.2. The van der Waals surface area contributed by atoms with Crippen LogP contribution in [0.2, 0.25) is 0 Å². The fourth-order valence-electron chi connectivity index (χ4n) is 2.12. The van der Waals surface area contributed by atoms with Crippen LogP contribution in [-0.2, 0) is 16.6 Å². The third-order valence-corrected chi connectivity index (χ3v) is 4.95. The lowest BCUT2D eigenvalue weighted by molar-refractivity contribution is 0.290. The molecule has 0 bridgehead atoms. The average molecular weight is 295 g/mol. The van der Waals surface area contributed by atoms with E-state index in [1.807, 2.05) is 12.1 Å². The molecule has 0 aliphatic carbocycles. The van der Waals surface area contributed by atoms with Crippen molar-refractivity contribution >= 4 is 10.8 Å². The van der Waals surface area contributed by atoms with Gasteiger partial charge in [0.15, 0.2) is 0 Å². The predicted octanol–water partition coefficient (Wildman–Crippen LogP) is 3.66. The second-order valence-electron chi connectivity index (χ2n) is 6.55. The first-order chi connectivity index (χ1) is 9.34. The van der Waals surface area contributed by atoms with Gasteiger partial charge in [-0.15, -0.1) is 0 Å². The van der Waals surface area contributed by atoms with Crippen LogP contribution in [0, 0.1) is 12.3 Å². The molecule has 2 nitrogen and oxygen atoms in total. The minimum absolute atomic E-state index is 0.135. The topological polar surface area (TPSA) is 29.1 Å². The van der Waals surface area contributed by atoms with Crippen LogP contribution in [-0.4, -0.2) is 22.5 Å². The van der Waals surface area contributed by atoms with E-state index in [0.717, 1.165) is 18.7 Å². The minimum Gasteiger partial charge on any atom is -0.313 e. The average Bonchev–Trinajstić information content (AvgIpc) is 2.36. The van der Waals surface area contributed by atoms with Gasteiger partial charge in [-0.05, 0) is 36.4 Å². The summed E-state index contributed by atoms with van der Waals surface area (Å²) < 4.78 is 12.5. The Balaban J connectivity index is 2.64. The fraction of sp³-hybridized carbons (Fsp3) is 0.647. The highest BCUT2D eigenvalue weighted by Gasteiger charge is 2.25. The molecule has 0 aliphatic heterocycles. The lowest BCUT2D eigenvalue weighted by atomic mass is 9.88. The van der Waals surface area contributed by atoms with E-state index in [2.05, 4.69) is 52.1 Å². The molecule has 0 aliphatic rings. The van der Waals surface area contributed by atoms with Gasteiger partial charge in [0.2, 0.25) is 0 Å². The molecule has 0 fully saturated rings. The molecular formula is C17H29NOS. The molecule has 1 aromatic rings. The van der Waals surface area contributed by atoms with E-state index in [1.165, 1.54) is 11.1 Å². The molecule has 0 aromatic heterocycles. The zero-order valence-electron chi connectivity index (χ0n) is 13.5. The Morgan fingerprint density at radius 3 is 2.45 bits per heavy atom. The number of nitrogens with one attached hydrogen (secondary N) is 1. The van der Waals surface area contributed by atoms with E-state index in [4.69, 9.17) is 0 Å². The Labute approximate surface area is 126 Å². The van der Waals surface area contributed by atoms with Gasteiger partial charge in [-0.1, -0.05) is 52.0 Å². The monoisotopic (exact) mass is 295 g/mol. The molecule has 1 aromatic carbocycles. The first kappa shape index (κ1) is 17.4. The molecule has 2 unspecified atom stereocenters. The summed E-state index contributed by atoms with van der Waals surface area (Å²) in [7, 11) is -0.824. The SMILES string of the molecule is CCCNC(CS(=O)Cc1ccccc1C)C(C)(C)C. The van der Waals surface area contributed by atoms with E-state index in [0.29, 0.717) is 11.8 Å². The molecule has 0 radical (unpaired) electrons. The maximum absolute atomic E-state index is 12.5. The molecule has 0 saturated heterocycles. The Morgan fingerprint density at radius 2 is 1.90 bits per heavy atom. The van der Waals surface area contributed by atoms with Gasteiger partial charge < -0.3 is 5.32 Å². The summed E-state index contributed by atoms with van der Waals surface area (Å²) in [4.78, 5) is 0.